The monoisotopic (exact) mass is 896 g/mol. The van der Waals surface area contributed by atoms with Crippen molar-refractivity contribution in [2.45, 2.75) is 105 Å². The van der Waals surface area contributed by atoms with E-state index < -0.39 is 18.2 Å². The molecule has 1 N–H and O–H groups in total. The van der Waals surface area contributed by atoms with Crippen LogP contribution in [0.4, 0.5) is 0 Å². The predicted octanol–water partition coefficient (Wildman–Crippen LogP) is 17.5. The van der Waals surface area contributed by atoms with Crippen LogP contribution in [-0.4, -0.2) is 19.6 Å². The molecule has 4 heteroatoms. The van der Waals surface area contributed by atoms with Gasteiger partial charge in [-0.25, -0.2) is 4.98 Å². The fourth-order valence-corrected chi connectivity index (χ4v) is 9.17. The number of nitrogens with zero attached hydrogens (tertiary/aromatic N) is 3. The summed E-state index contributed by atoms with van der Waals surface area (Å²) in [7, 11) is 0. The van der Waals surface area contributed by atoms with E-state index >= 15 is 0 Å². The maximum atomic E-state index is 12.6. The topological polar surface area (TPSA) is 50.9 Å². The van der Waals surface area contributed by atoms with Crippen molar-refractivity contribution in [2.24, 2.45) is 0 Å². The molecule has 0 spiro atoms. The number of aromatic hydroxyl groups is 1. The number of hydrogen-bond acceptors (Lipinski definition) is 3. The summed E-state index contributed by atoms with van der Waals surface area (Å²) >= 11 is 0. The van der Waals surface area contributed by atoms with Gasteiger partial charge in [0.2, 0.25) is 0 Å². The Morgan fingerprint density at radius 2 is 1.19 bits per heavy atom. The van der Waals surface area contributed by atoms with Crippen molar-refractivity contribution in [3.8, 4) is 78.6 Å². The van der Waals surface area contributed by atoms with Crippen molar-refractivity contribution in [2.75, 3.05) is 0 Å². The molecule has 0 radical (unpaired) electrons. The molecule has 2 heterocycles. The molecule has 0 amide bonds. The average molecular weight is 896 g/mol. The number of para-hydroxylation sites is 1. The molecule has 9 aromatic rings. The first-order valence-electron chi connectivity index (χ1n) is 25.7. The van der Waals surface area contributed by atoms with Crippen molar-refractivity contribution >= 4 is 11.0 Å². The van der Waals surface area contributed by atoms with E-state index in [0.29, 0.717) is 11.4 Å². The van der Waals surface area contributed by atoms with Crippen LogP contribution in [0, 0.1) is 6.85 Å². The third kappa shape index (κ3) is 9.05. The minimum atomic E-state index is -2.35. The summed E-state index contributed by atoms with van der Waals surface area (Å²) in [6, 6.07) is 53.5. The summed E-state index contributed by atoms with van der Waals surface area (Å²) in [5.41, 5.74) is 15.6. The fourth-order valence-electron chi connectivity index (χ4n) is 9.17. The summed E-state index contributed by atoms with van der Waals surface area (Å²) in [5, 5.41) is 12.6. The first-order valence-corrected chi connectivity index (χ1v) is 23.7. The van der Waals surface area contributed by atoms with Gasteiger partial charge in [-0.3, -0.25) is 9.55 Å². The Morgan fingerprint density at radius 3 is 1.85 bits per heavy atom. The quantitative estimate of drug-likeness (QED) is 0.165. The van der Waals surface area contributed by atoms with Gasteiger partial charge in [0.05, 0.1) is 28.0 Å². The smallest absolute Gasteiger partial charge is 0.149 e. The summed E-state index contributed by atoms with van der Waals surface area (Å²) in [4.78, 5) is 10.6. The summed E-state index contributed by atoms with van der Waals surface area (Å²) in [5.74, 6) is -0.0112. The second-order valence-electron chi connectivity index (χ2n) is 21.6. The molecule has 0 atom stereocenters. The van der Waals surface area contributed by atoms with Gasteiger partial charge in [0.15, 0.2) is 0 Å². The Morgan fingerprint density at radius 1 is 0.529 bits per heavy atom. The predicted molar refractivity (Wildman–Crippen MR) is 288 cm³/mol. The van der Waals surface area contributed by atoms with Crippen molar-refractivity contribution in [3.05, 3.63) is 192 Å². The maximum Gasteiger partial charge on any atom is 0.149 e. The normalized spacial score (nSPS) is 13.5. The zero-order valence-electron chi connectivity index (χ0n) is 45.4. The molecule has 2 aromatic heterocycles. The molecule has 0 saturated heterocycles. The van der Waals surface area contributed by atoms with Crippen LogP contribution in [0.25, 0.3) is 83.9 Å². The maximum absolute atomic E-state index is 12.6. The average Bonchev–Trinajstić information content (AvgIpc) is 3.72. The van der Waals surface area contributed by atoms with Crippen LogP contribution < -0.4 is 0 Å². The van der Waals surface area contributed by atoms with Gasteiger partial charge in [0.25, 0.3) is 0 Å². The third-order valence-electron chi connectivity index (χ3n) is 13.2. The summed E-state index contributed by atoms with van der Waals surface area (Å²) in [6.07, 6.45) is 1.85. The lowest BCUT2D eigenvalue weighted by Crippen LogP contribution is -2.17. The van der Waals surface area contributed by atoms with E-state index in [4.69, 9.17) is 15.5 Å². The van der Waals surface area contributed by atoms with Crippen molar-refractivity contribution in [3.63, 3.8) is 0 Å². The Bertz CT molecular complexity index is 3470. The molecule has 0 unspecified atom stereocenters. The molecule has 0 saturated carbocycles. The molecule has 0 fully saturated rings. The molecular weight excluding hydrogens is 827 g/mol. The minimum Gasteiger partial charge on any atom is -0.507 e. The number of aryl methyl sites for hydroxylation is 1. The van der Waals surface area contributed by atoms with E-state index in [1.807, 2.05) is 62.5 Å². The Kier molecular flexibility index (Phi) is 10.6. The lowest BCUT2D eigenvalue weighted by atomic mass is 9.79. The Balaban J connectivity index is 1.34. The number of imidazole rings is 1. The Labute approximate surface area is 410 Å². The van der Waals surface area contributed by atoms with E-state index in [0.717, 1.165) is 89.2 Å². The summed E-state index contributed by atoms with van der Waals surface area (Å²) in [6.45, 7) is 20.9. The molecule has 342 valence electrons. The van der Waals surface area contributed by atoms with Gasteiger partial charge < -0.3 is 5.11 Å². The lowest BCUT2D eigenvalue weighted by Gasteiger charge is -2.27. The molecule has 68 heavy (non-hydrogen) atoms. The number of fused-ring (bicyclic) bond motifs is 1. The third-order valence-corrected chi connectivity index (χ3v) is 13.2. The van der Waals surface area contributed by atoms with Crippen LogP contribution in [0.3, 0.4) is 0 Å². The molecule has 4 nitrogen and oxygen atoms in total. The van der Waals surface area contributed by atoms with Gasteiger partial charge in [-0.1, -0.05) is 185 Å². The first-order chi connectivity index (χ1) is 33.8. The number of phenolic OH excluding ortho intramolecular Hbond substituents is 1. The van der Waals surface area contributed by atoms with E-state index in [1.165, 1.54) is 5.56 Å². The number of hydrogen-bond donors (Lipinski definition) is 1. The van der Waals surface area contributed by atoms with Crippen LogP contribution in [0.15, 0.2) is 164 Å². The van der Waals surface area contributed by atoms with Crippen LogP contribution in [0.1, 0.15) is 115 Å². The minimum absolute atomic E-state index is 0.0877. The van der Waals surface area contributed by atoms with Gasteiger partial charge in [-0.15, -0.1) is 0 Å². The zero-order valence-corrected chi connectivity index (χ0v) is 41.4. The molecule has 0 bridgehead atoms. The molecule has 0 aliphatic rings. The second kappa shape index (κ2) is 17.6. The van der Waals surface area contributed by atoms with Gasteiger partial charge in [-0.2, -0.15) is 0 Å². The number of pyridine rings is 1. The van der Waals surface area contributed by atoms with Crippen molar-refractivity contribution in [1.29, 1.82) is 0 Å². The fraction of sp³-hybridized carbons (Fsp3) is 0.250. The highest BCUT2D eigenvalue weighted by Gasteiger charge is 2.29. The molecule has 7 aromatic carbocycles. The van der Waals surface area contributed by atoms with Crippen LogP contribution >= 0.6 is 0 Å². The SMILES string of the molecule is [2H]C([2H])([2H])c1ccc(-n2c(-c3cc(C(C)(C)C)cc(C(C)(C)C)c3O)nc3c(-c4cc(-c5ccccc5)cc(-c5cc(-c6ccc(C([2H])(C)C)cc6)ccn5)c4)cccc32)c(-c2ccc(C(C)(C)C)cc2)c1. The molecular formula is C64H65N3O. The van der Waals surface area contributed by atoms with Crippen molar-refractivity contribution < 1.29 is 10.6 Å². The zero-order chi connectivity index (χ0) is 51.7. The van der Waals surface area contributed by atoms with Gasteiger partial charge >= 0.3 is 0 Å². The molecule has 0 aliphatic heterocycles. The van der Waals surface area contributed by atoms with Gasteiger partial charge in [-0.05, 0) is 134 Å². The highest BCUT2D eigenvalue weighted by Crippen LogP contribution is 2.46. The second-order valence-corrected chi connectivity index (χ2v) is 21.6. The number of rotatable bonds is 8. The highest BCUT2D eigenvalue weighted by atomic mass is 16.3. The van der Waals surface area contributed by atoms with Crippen molar-refractivity contribution in [1.82, 2.24) is 14.5 Å². The first kappa shape index (κ1) is 41.2. The molecule has 0 aliphatic carbocycles. The highest BCUT2D eigenvalue weighted by molar-refractivity contribution is 5.98. The van der Waals surface area contributed by atoms with Gasteiger partial charge in [0, 0.05) is 33.9 Å². The van der Waals surface area contributed by atoms with Crippen LogP contribution in [0.2, 0.25) is 0 Å². The number of aromatic nitrogens is 3. The van der Waals surface area contributed by atoms with E-state index in [1.54, 1.807) is 12.1 Å². The van der Waals surface area contributed by atoms with E-state index in [-0.39, 0.29) is 22.1 Å². The summed E-state index contributed by atoms with van der Waals surface area (Å²) < 4.78 is 36.3. The standard InChI is InChI=1S/C64H65N3O/c1-40(2)42-22-24-44(25-23-42)46-31-32-65-56(37-46)49-35-47(43-17-14-13-15-18-43)34-48(36-49)52-19-16-20-58-59(52)66-61(54-38-51(63(7,8)9)39-55(60(54)68)64(10,11)12)67(58)57-30-21-41(3)33-53(57)45-26-28-50(29-27-45)62(4,5)6/h13-40,68H,1-12H3/i3D3,40D. The number of phenols is 1. The lowest BCUT2D eigenvalue weighted by molar-refractivity contribution is 0.446. The van der Waals surface area contributed by atoms with Gasteiger partial charge in [0.1, 0.15) is 11.6 Å². The Hall–Kier alpha value is -7.04. The van der Waals surface area contributed by atoms with Crippen LogP contribution in [0.5, 0.6) is 5.75 Å². The number of benzene rings is 7. The molecule has 9 rings (SSSR count). The van der Waals surface area contributed by atoms with E-state index in [9.17, 15) is 5.11 Å². The van der Waals surface area contributed by atoms with E-state index in [2.05, 4.69) is 170 Å². The largest absolute Gasteiger partial charge is 0.507 e. The van der Waals surface area contributed by atoms with Crippen LogP contribution in [-0.2, 0) is 16.2 Å².